The van der Waals surface area contributed by atoms with Crippen molar-refractivity contribution in [1.29, 1.82) is 0 Å². The molecular formula is C25H21N5O4. The molecule has 0 saturated carbocycles. The Morgan fingerprint density at radius 3 is 2.50 bits per heavy atom. The lowest BCUT2D eigenvalue weighted by molar-refractivity contribution is -0.142. The van der Waals surface area contributed by atoms with Gasteiger partial charge in [0.15, 0.2) is 0 Å². The molecule has 34 heavy (non-hydrogen) atoms. The van der Waals surface area contributed by atoms with Gasteiger partial charge in [-0.05, 0) is 42.7 Å². The topological polar surface area (TPSA) is 132 Å². The molecule has 2 aliphatic rings. The lowest BCUT2D eigenvalue weighted by Crippen LogP contribution is -2.29. The maximum atomic E-state index is 12.7. The van der Waals surface area contributed by atoms with Gasteiger partial charge < -0.3 is 15.1 Å². The van der Waals surface area contributed by atoms with Gasteiger partial charge in [-0.25, -0.2) is 9.97 Å². The maximum Gasteiger partial charge on any atom is 0.306 e. The number of H-pyrrole nitrogens is 2. The zero-order valence-corrected chi connectivity index (χ0v) is 18.2. The van der Waals surface area contributed by atoms with Crippen LogP contribution in [0.4, 0.5) is 0 Å². The Balaban J connectivity index is 1.20. The summed E-state index contributed by atoms with van der Waals surface area (Å²) in [6.45, 7) is 0.187. The minimum atomic E-state index is -0.768. The second-order valence-electron chi connectivity index (χ2n) is 8.84. The smallest absolute Gasteiger partial charge is 0.306 e. The van der Waals surface area contributed by atoms with Crippen molar-refractivity contribution in [3.05, 3.63) is 82.2 Å². The van der Waals surface area contributed by atoms with Crippen LogP contribution in [-0.2, 0) is 30.6 Å². The number of benzene rings is 2. The number of aryl methyl sites for hydroxylation is 1. The summed E-state index contributed by atoms with van der Waals surface area (Å²) in [5.41, 5.74) is 5.13. The second-order valence-corrected chi connectivity index (χ2v) is 8.84. The predicted octanol–water partition coefficient (Wildman–Crippen LogP) is 2.86. The van der Waals surface area contributed by atoms with E-state index in [9.17, 15) is 19.5 Å². The van der Waals surface area contributed by atoms with Gasteiger partial charge in [-0.15, -0.1) is 0 Å². The molecule has 170 valence electrons. The van der Waals surface area contributed by atoms with E-state index in [2.05, 4.69) is 19.9 Å². The Bertz CT molecular complexity index is 1450. The van der Waals surface area contributed by atoms with Crippen molar-refractivity contribution < 1.29 is 19.5 Å². The number of aliphatic carboxylic acids is 1. The standard InChI is InChI=1S/C25H21N5O4/c31-23-15-3-1-2-4-16(15)24(32)30(23)12-13-5-7-17-19(9-13)28-21(26-17)11-22-27-18-8-6-14(25(33)34)10-20(18)29-22/h1-5,7,9,14H,6,8,10-12H2,(H,26,28)(H,27,29)(H,33,34). The highest BCUT2D eigenvalue weighted by Gasteiger charge is 2.35. The van der Waals surface area contributed by atoms with Crippen molar-refractivity contribution >= 4 is 28.8 Å². The van der Waals surface area contributed by atoms with Crippen LogP contribution in [0.3, 0.4) is 0 Å². The molecule has 0 saturated heterocycles. The molecule has 9 nitrogen and oxygen atoms in total. The zero-order valence-electron chi connectivity index (χ0n) is 18.2. The molecule has 1 aliphatic carbocycles. The number of carbonyl (C=O) groups excluding carboxylic acids is 2. The van der Waals surface area contributed by atoms with Crippen LogP contribution in [0, 0.1) is 5.92 Å². The lowest BCUT2D eigenvalue weighted by atomic mass is 9.90. The number of imide groups is 1. The van der Waals surface area contributed by atoms with Gasteiger partial charge >= 0.3 is 5.97 Å². The molecule has 6 rings (SSSR count). The fourth-order valence-corrected chi connectivity index (χ4v) is 4.85. The Labute approximate surface area is 193 Å². The molecule has 9 heteroatoms. The van der Waals surface area contributed by atoms with Gasteiger partial charge in [0, 0.05) is 12.1 Å². The van der Waals surface area contributed by atoms with Crippen molar-refractivity contribution in [2.24, 2.45) is 5.92 Å². The third-order valence-electron chi connectivity index (χ3n) is 6.59. The predicted molar refractivity (Wildman–Crippen MR) is 121 cm³/mol. The molecule has 2 amide bonds. The first-order valence-corrected chi connectivity index (χ1v) is 11.2. The molecule has 1 atom stereocenters. The van der Waals surface area contributed by atoms with Crippen molar-refractivity contribution in [2.45, 2.75) is 32.2 Å². The number of fused-ring (bicyclic) bond motifs is 3. The fourth-order valence-electron chi connectivity index (χ4n) is 4.85. The number of nitrogens with zero attached hydrogens (tertiary/aromatic N) is 3. The number of hydrogen-bond donors (Lipinski definition) is 3. The van der Waals surface area contributed by atoms with E-state index in [1.54, 1.807) is 24.3 Å². The van der Waals surface area contributed by atoms with E-state index in [0.29, 0.717) is 36.8 Å². The Morgan fingerprint density at radius 2 is 1.76 bits per heavy atom. The monoisotopic (exact) mass is 455 g/mol. The SMILES string of the molecule is O=C(O)C1CCc2nc(Cc3nc4ccc(CN5C(=O)c6ccccc6C5=O)cc4[nH]3)[nH]c2C1. The largest absolute Gasteiger partial charge is 0.481 e. The quantitative estimate of drug-likeness (QED) is 0.397. The molecule has 3 N–H and O–H groups in total. The van der Waals surface area contributed by atoms with Crippen LogP contribution in [-0.4, -0.2) is 47.7 Å². The van der Waals surface area contributed by atoms with Crippen LogP contribution in [0.1, 0.15) is 55.7 Å². The number of imidazole rings is 2. The molecular weight excluding hydrogens is 434 g/mol. The van der Waals surface area contributed by atoms with Crippen LogP contribution in [0.5, 0.6) is 0 Å². The first-order valence-electron chi connectivity index (χ1n) is 11.2. The second kappa shape index (κ2) is 7.65. The Morgan fingerprint density at radius 1 is 1.03 bits per heavy atom. The highest BCUT2D eigenvalue weighted by Crippen LogP contribution is 2.26. The maximum absolute atomic E-state index is 12.7. The molecule has 0 radical (unpaired) electrons. The number of aromatic nitrogens is 4. The molecule has 0 fully saturated rings. The summed E-state index contributed by atoms with van der Waals surface area (Å²) in [7, 11) is 0. The minimum Gasteiger partial charge on any atom is -0.481 e. The average Bonchev–Trinajstić information content (AvgIpc) is 3.49. The molecule has 0 bridgehead atoms. The van der Waals surface area contributed by atoms with Gasteiger partial charge in [-0.3, -0.25) is 19.3 Å². The summed E-state index contributed by atoms with van der Waals surface area (Å²) in [6.07, 6.45) is 2.20. The molecule has 1 unspecified atom stereocenters. The Hall–Kier alpha value is -4.27. The van der Waals surface area contributed by atoms with E-state index in [0.717, 1.165) is 39.6 Å². The third kappa shape index (κ3) is 3.37. The van der Waals surface area contributed by atoms with E-state index in [-0.39, 0.29) is 24.3 Å². The van der Waals surface area contributed by atoms with Crippen LogP contribution < -0.4 is 0 Å². The van der Waals surface area contributed by atoms with Gasteiger partial charge in [0.05, 0.1) is 46.7 Å². The summed E-state index contributed by atoms with van der Waals surface area (Å²) in [5, 5.41) is 9.28. The van der Waals surface area contributed by atoms with Gasteiger partial charge in [0.2, 0.25) is 0 Å². The highest BCUT2D eigenvalue weighted by molar-refractivity contribution is 6.21. The highest BCUT2D eigenvalue weighted by atomic mass is 16.4. The van der Waals surface area contributed by atoms with Crippen molar-refractivity contribution in [2.75, 3.05) is 0 Å². The number of rotatable bonds is 5. The summed E-state index contributed by atoms with van der Waals surface area (Å²) in [5.74, 6) is -0.213. The van der Waals surface area contributed by atoms with Crippen LogP contribution in [0.25, 0.3) is 11.0 Å². The minimum absolute atomic E-state index is 0.187. The third-order valence-corrected chi connectivity index (χ3v) is 6.59. The number of carbonyl (C=O) groups is 3. The number of carboxylic acids is 1. The van der Waals surface area contributed by atoms with E-state index in [4.69, 9.17) is 0 Å². The van der Waals surface area contributed by atoms with Crippen molar-refractivity contribution in [3.63, 3.8) is 0 Å². The number of amides is 2. The number of hydrogen-bond acceptors (Lipinski definition) is 5. The fraction of sp³-hybridized carbons (Fsp3) is 0.240. The molecule has 4 aromatic rings. The van der Waals surface area contributed by atoms with Crippen LogP contribution in [0.2, 0.25) is 0 Å². The van der Waals surface area contributed by atoms with Gasteiger partial charge in [-0.1, -0.05) is 18.2 Å². The summed E-state index contributed by atoms with van der Waals surface area (Å²) in [6, 6.07) is 12.5. The average molecular weight is 455 g/mol. The van der Waals surface area contributed by atoms with E-state index in [1.807, 2.05) is 18.2 Å². The van der Waals surface area contributed by atoms with E-state index in [1.165, 1.54) is 4.90 Å². The van der Waals surface area contributed by atoms with Gasteiger partial charge in [0.1, 0.15) is 11.6 Å². The lowest BCUT2D eigenvalue weighted by Gasteiger charge is -2.16. The van der Waals surface area contributed by atoms with Crippen molar-refractivity contribution in [3.8, 4) is 0 Å². The molecule has 1 aliphatic heterocycles. The molecule has 0 spiro atoms. The van der Waals surface area contributed by atoms with E-state index < -0.39 is 5.97 Å². The first-order chi connectivity index (χ1) is 16.5. The normalized spacial score (nSPS) is 17.3. The molecule has 2 aromatic carbocycles. The molecule has 3 heterocycles. The van der Waals surface area contributed by atoms with Crippen molar-refractivity contribution in [1.82, 2.24) is 24.8 Å². The van der Waals surface area contributed by atoms with Crippen LogP contribution >= 0.6 is 0 Å². The first kappa shape index (κ1) is 20.3. The number of nitrogens with one attached hydrogen (secondary N) is 2. The molecule has 2 aromatic heterocycles. The van der Waals surface area contributed by atoms with E-state index >= 15 is 0 Å². The summed E-state index contributed by atoms with van der Waals surface area (Å²) in [4.78, 5) is 53.8. The zero-order chi connectivity index (χ0) is 23.4. The van der Waals surface area contributed by atoms with Gasteiger partial charge in [-0.2, -0.15) is 0 Å². The Kier molecular flexibility index (Phi) is 4.58. The number of aromatic amines is 2. The van der Waals surface area contributed by atoms with Crippen LogP contribution in [0.15, 0.2) is 42.5 Å². The number of carboxylic acid groups (broad SMARTS) is 1. The summed E-state index contributed by atoms with van der Waals surface area (Å²) >= 11 is 0. The summed E-state index contributed by atoms with van der Waals surface area (Å²) < 4.78 is 0. The van der Waals surface area contributed by atoms with Gasteiger partial charge in [0.25, 0.3) is 11.8 Å².